The third kappa shape index (κ3) is 5.87. The summed E-state index contributed by atoms with van der Waals surface area (Å²) in [5.41, 5.74) is -1.25. The van der Waals surface area contributed by atoms with E-state index >= 15 is 0 Å². The maximum atomic E-state index is 14.9. The van der Waals surface area contributed by atoms with Crippen molar-refractivity contribution in [2.45, 2.75) is 25.1 Å². The minimum absolute atomic E-state index is 0.152. The number of rotatable bonds is 8. The van der Waals surface area contributed by atoms with Crippen LogP contribution in [0.1, 0.15) is 51.8 Å². The van der Waals surface area contributed by atoms with Crippen LogP contribution in [0.3, 0.4) is 0 Å². The van der Waals surface area contributed by atoms with Crippen LogP contribution in [0.2, 0.25) is 0 Å². The van der Waals surface area contributed by atoms with E-state index in [1.54, 1.807) is 12.1 Å². The molecule has 0 bridgehead atoms. The first-order chi connectivity index (χ1) is 19.1. The highest BCUT2D eigenvalue weighted by Gasteiger charge is 2.36. The Kier molecular flexibility index (Phi) is 7.36. The number of aromatic nitrogens is 2. The maximum absolute atomic E-state index is 14.9. The third-order valence-electron chi connectivity index (χ3n) is 6.56. The Morgan fingerprint density at radius 3 is 2.40 bits per heavy atom. The summed E-state index contributed by atoms with van der Waals surface area (Å²) in [4.78, 5) is 13.2. The molecule has 0 radical (unpaired) electrons. The van der Waals surface area contributed by atoms with E-state index in [0.717, 1.165) is 43.1 Å². The van der Waals surface area contributed by atoms with Gasteiger partial charge in [-0.1, -0.05) is 36.4 Å². The number of hydrogen-bond acceptors (Lipinski definition) is 4. The topological polar surface area (TPSA) is 82.7 Å². The van der Waals surface area contributed by atoms with Crippen molar-refractivity contribution in [2.75, 3.05) is 11.9 Å². The number of carbonyl (C=O) groups is 1. The fourth-order valence-corrected chi connectivity index (χ4v) is 4.29. The fourth-order valence-electron chi connectivity index (χ4n) is 4.29. The van der Waals surface area contributed by atoms with Crippen LogP contribution in [0.5, 0.6) is 0 Å². The van der Waals surface area contributed by atoms with E-state index in [-0.39, 0.29) is 17.4 Å². The van der Waals surface area contributed by atoms with Crippen molar-refractivity contribution in [2.24, 2.45) is 5.92 Å². The Balaban J connectivity index is 1.49. The second-order valence-corrected chi connectivity index (χ2v) is 9.49. The lowest BCUT2D eigenvalue weighted by atomic mass is 9.97. The van der Waals surface area contributed by atoms with Gasteiger partial charge in [0.2, 0.25) is 0 Å². The molecule has 1 amide bonds. The lowest BCUT2D eigenvalue weighted by Crippen LogP contribution is -2.25. The minimum Gasteiger partial charge on any atom is -0.318 e. The van der Waals surface area contributed by atoms with Crippen LogP contribution < -0.4 is 10.6 Å². The largest absolute Gasteiger partial charge is 0.435 e. The van der Waals surface area contributed by atoms with Gasteiger partial charge in [0, 0.05) is 6.07 Å². The summed E-state index contributed by atoms with van der Waals surface area (Å²) in [6.45, 7) is 0.750. The van der Waals surface area contributed by atoms with Crippen molar-refractivity contribution in [1.29, 1.82) is 5.26 Å². The first kappa shape index (κ1) is 27.0. The van der Waals surface area contributed by atoms with Gasteiger partial charge in [0.05, 0.1) is 23.0 Å². The molecule has 1 unspecified atom stereocenters. The molecule has 1 saturated carbocycles. The standard InChI is InChI=1S/C29H22F5N5O/c30-22-11-9-21(12-20(22)15-35)39-25(14-26(38-39)29(32,33)34)28(40)37-24-13-19(8-10-23(24)31)27(36-16-17-6-7-17)18-4-2-1-3-5-18/h1-5,8-14,17,27,36H,6-7,16H2,(H,37,40). The molecule has 1 aliphatic carbocycles. The summed E-state index contributed by atoms with van der Waals surface area (Å²) in [6.07, 6.45) is -2.66. The molecule has 1 fully saturated rings. The van der Waals surface area contributed by atoms with Gasteiger partial charge in [0.25, 0.3) is 5.91 Å². The number of hydrogen-bond donors (Lipinski definition) is 2. The fraction of sp³-hybridized carbons (Fsp3) is 0.207. The van der Waals surface area contributed by atoms with Gasteiger partial charge in [0.15, 0.2) is 5.69 Å². The number of amides is 1. The molecule has 5 rings (SSSR count). The zero-order valence-electron chi connectivity index (χ0n) is 20.8. The molecule has 4 aromatic rings. The molecular formula is C29H22F5N5O. The van der Waals surface area contributed by atoms with Crippen LogP contribution in [0, 0.1) is 28.9 Å². The molecular weight excluding hydrogens is 529 g/mol. The van der Waals surface area contributed by atoms with Gasteiger partial charge in [-0.15, -0.1) is 0 Å². The van der Waals surface area contributed by atoms with Gasteiger partial charge in [-0.2, -0.15) is 23.5 Å². The minimum atomic E-state index is -4.90. The Morgan fingerprint density at radius 2 is 1.73 bits per heavy atom. The number of anilines is 1. The Morgan fingerprint density at radius 1 is 1.00 bits per heavy atom. The van der Waals surface area contributed by atoms with E-state index in [1.165, 1.54) is 12.1 Å². The first-order valence-electron chi connectivity index (χ1n) is 12.4. The summed E-state index contributed by atoms with van der Waals surface area (Å²) < 4.78 is 69.9. The van der Waals surface area contributed by atoms with E-state index in [1.807, 2.05) is 30.3 Å². The van der Waals surface area contributed by atoms with Crippen LogP contribution in [-0.2, 0) is 6.18 Å². The highest BCUT2D eigenvalue weighted by Crippen LogP contribution is 2.32. The summed E-state index contributed by atoms with van der Waals surface area (Å²) in [5.74, 6) is -2.20. The maximum Gasteiger partial charge on any atom is 0.435 e. The number of nitrogens with one attached hydrogen (secondary N) is 2. The number of halogens is 5. The lowest BCUT2D eigenvalue weighted by molar-refractivity contribution is -0.141. The highest BCUT2D eigenvalue weighted by molar-refractivity contribution is 6.03. The quantitative estimate of drug-likeness (QED) is 0.249. The van der Waals surface area contributed by atoms with E-state index < -0.39 is 40.7 Å². The molecule has 1 aliphatic rings. The molecule has 1 heterocycles. The molecule has 6 nitrogen and oxygen atoms in total. The Bertz CT molecular complexity index is 1590. The van der Waals surface area contributed by atoms with Crippen LogP contribution in [-0.4, -0.2) is 22.2 Å². The van der Waals surface area contributed by atoms with E-state index in [2.05, 4.69) is 15.7 Å². The van der Waals surface area contributed by atoms with Crippen LogP contribution in [0.4, 0.5) is 27.6 Å². The van der Waals surface area contributed by atoms with Crippen molar-refractivity contribution in [3.8, 4) is 11.8 Å². The van der Waals surface area contributed by atoms with Gasteiger partial charge >= 0.3 is 6.18 Å². The molecule has 3 aromatic carbocycles. The molecule has 0 aliphatic heterocycles. The number of carbonyl (C=O) groups excluding carboxylic acids is 1. The molecule has 1 atom stereocenters. The number of nitriles is 1. The monoisotopic (exact) mass is 551 g/mol. The average Bonchev–Trinajstić information content (AvgIpc) is 3.65. The smallest absolute Gasteiger partial charge is 0.318 e. The van der Waals surface area contributed by atoms with Crippen molar-refractivity contribution >= 4 is 11.6 Å². The van der Waals surface area contributed by atoms with Crippen molar-refractivity contribution in [1.82, 2.24) is 15.1 Å². The first-order valence-corrected chi connectivity index (χ1v) is 12.4. The number of alkyl halides is 3. The van der Waals surface area contributed by atoms with Crippen molar-refractivity contribution < 1.29 is 26.7 Å². The average molecular weight is 552 g/mol. The zero-order valence-corrected chi connectivity index (χ0v) is 20.8. The normalized spacial score (nSPS) is 14.0. The van der Waals surface area contributed by atoms with Crippen molar-refractivity contribution in [3.63, 3.8) is 0 Å². The predicted octanol–water partition coefficient (Wildman–Crippen LogP) is 6.38. The van der Waals surface area contributed by atoms with Gasteiger partial charge < -0.3 is 10.6 Å². The molecule has 40 heavy (non-hydrogen) atoms. The van der Waals surface area contributed by atoms with Crippen LogP contribution in [0.15, 0.2) is 72.8 Å². The molecule has 1 aromatic heterocycles. The molecule has 0 spiro atoms. The predicted molar refractivity (Wildman–Crippen MR) is 137 cm³/mol. The Labute approximate surface area is 226 Å². The number of nitrogens with zero attached hydrogens (tertiary/aromatic N) is 3. The van der Waals surface area contributed by atoms with Gasteiger partial charge in [-0.25, -0.2) is 13.5 Å². The molecule has 2 N–H and O–H groups in total. The van der Waals surface area contributed by atoms with E-state index in [9.17, 15) is 26.7 Å². The van der Waals surface area contributed by atoms with Crippen LogP contribution in [0.25, 0.3) is 5.69 Å². The van der Waals surface area contributed by atoms with Gasteiger partial charge in [-0.3, -0.25) is 4.79 Å². The number of benzene rings is 3. The summed E-state index contributed by atoms with van der Waals surface area (Å²) in [7, 11) is 0. The van der Waals surface area contributed by atoms with Crippen LogP contribution >= 0.6 is 0 Å². The molecule has 11 heteroatoms. The van der Waals surface area contributed by atoms with E-state index in [0.29, 0.717) is 22.2 Å². The zero-order chi connectivity index (χ0) is 28.4. The second-order valence-electron chi connectivity index (χ2n) is 9.49. The molecule has 0 saturated heterocycles. The van der Waals surface area contributed by atoms with Crippen molar-refractivity contribution in [3.05, 3.63) is 113 Å². The Hall–Kier alpha value is -4.56. The van der Waals surface area contributed by atoms with Gasteiger partial charge in [-0.05, 0) is 66.8 Å². The SMILES string of the molecule is N#Cc1cc(-n2nc(C(F)(F)F)cc2C(=O)Nc2cc(C(NCC3CC3)c3ccccc3)ccc2F)ccc1F. The van der Waals surface area contributed by atoms with E-state index in [4.69, 9.17) is 5.26 Å². The highest BCUT2D eigenvalue weighted by atomic mass is 19.4. The summed E-state index contributed by atoms with van der Waals surface area (Å²) in [5, 5.41) is 18.4. The van der Waals surface area contributed by atoms with Gasteiger partial charge in [0.1, 0.15) is 23.4 Å². The summed E-state index contributed by atoms with van der Waals surface area (Å²) >= 11 is 0. The third-order valence-corrected chi connectivity index (χ3v) is 6.56. The lowest BCUT2D eigenvalue weighted by Gasteiger charge is -2.21. The second kappa shape index (κ2) is 10.9. The molecule has 204 valence electrons. The summed E-state index contributed by atoms with van der Waals surface area (Å²) in [6, 6.07) is 18.4.